The van der Waals surface area contributed by atoms with Gasteiger partial charge in [0.25, 0.3) is 15.6 Å². The summed E-state index contributed by atoms with van der Waals surface area (Å²) in [6.45, 7) is 6.55. The highest BCUT2D eigenvalue weighted by atomic mass is 32.2. The average Bonchev–Trinajstić information content (AvgIpc) is 3.57. The van der Waals surface area contributed by atoms with Gasteiger partial charge < -0.3 is 14.2 Å². The molecule has 1 atom stereocenters. The molecule has 1 aliphatic rings. The minimum Gasteiger partial charge on any atom is -0.492 e. The molecule has 0 N–H and O–H groups in total. The van der Waals surface area contributed by atoms with Crippen LogP contribution in [0.5, 0.6) is 5.75 Å². The van der Waals surface area contributed by atoms with E-state index >= 15 is 0 Å². The number of likely N-dealkylation sites (N-methyl/N-ethyl adjacent to an activating group) is 1. The third-order valence-electron chi connectivity index (χ3n) is 9.37. The van der Waals surface area contributed by atoms with Gasteiger partial charge in [-0.05, 0) is 61.9 Å². The molecule has 7 rings (SSSR count). The standard InChI is InChI=1S/C38H37N5O5S/c1-25-5-13-31(14-6-25)49(46,47)43-18-17-32-33(24-41(4)38(45)36(32)43)27-7-9-28(10-8-27)34-15-11-29-23-30(12-16-35(29)39-34)48-22-21-42-20-19-40(3)37(44)26(42)2/h5-18,23-24,26H,19-22H2,1-4H3/t26-/m1/s1. The molecule has 0 unspecified atom stereocenters. The summed E-state index contributed by atoms with van der Waals surface area (Å²) in [5, 5.41) is 1.51. The molecule has 11 heteroatoms. The number of benzene rings is 3. The summed E-state index contributed by atoms with van der Waals surface area (Å²) in [4.78, 5) is 34.5. The number of ether oxygens (including phenoxy) is 1. The van der Waals surface area contributed by atoms with Crippen LogP contribution in [-0.4, -0.2) is 77.0 Å². The fourth-order valence-corrected chi connectivity index (χ4v) is 7.75. The fourth-order valence-electron chi connectivity index (χ4n) is 6.40. The van der Waals surface area contributed by atoms with Crippen LogP contribution in [0, 0.1) is 6.92 Å². The number of nitrogens with zero attached hydrogens (tertiary/aromatic N) is 5. The molecule has 1 fully saturated rings. The average molecular weight is 676 g/mol. The van der Waals surface area contributed by atoms with Gasteiger partial charge in [0.15, 0.2) is 0 Å². The third-order valence-corrected chi connectivity index (χ3v) is 11.1. The van der Waals surface area contributed by atoms with E-state index in [1.165, 1.54) is 10.8 Å². The van der Waals surface area contributed by atoms with E-state index in [0.717, 1.165) is 61.7 Å². The molecular weight excluding hydrogens is 639 g/mol. The number of amides is 1. The molecular formula is C38H37N5O5S. The van der Waals surface area contributed by atoms with E-state index in [9.17, 15) is 18.0 Å². The Labute approximate surface area is 284 Å². The zero-order valence-corrected chi connectivity index (χ0v) is 28.6. The lowest BCUT2D eigenvalue weighted by molar-refractivity contribution is -0.139. The molecule has 1 saturated heterocycles. The predicted octanol–water partition coefficient (Wildman–Crippen LogP) is 5.31. The zero-order chi connectivity index (χ0) is 34.4. The van der Waals surface area contributed by atoms with Gasteiger partial charge in [-0.2, -0.15) is 0 Å². The van der Waals surface area contributed by atoms with Crippen LogP contribution in [0.25, 0.3) is 44.2 Å². The van der Waals surface area contributed by atoms with Crippen molar-refractivity contribution < 1.29 is 17.9 Å². The van der Waals surface area contributed by atoms with Crippen molar-refractivity contribution in [1.82, 2.24) is 23.3 Å². The van der Waals surface area contributed by atoms with Crippen LogP contribution in [0.4, 0.5) is 0 Å². The Hall–Kier alpha value is -5.26. The van der Waals surface area contributed by atoms with Crippen LogP contribution in [-0.2, 0) is 21.9 Å². The van der Waals surface area contributed by atoms with Gasteiger partial charge in [0.2, 0.25) is 5.91 Å². The number of carbonyl (C=O) groups is 1. The first kappa shape index (κ1) is 32.3. The van der Waals surface area contributed by atoms with Gasteiger partial charge in [0.1, 0.15) is 17.9 Å². The van der Waals surface area contributed by atoms with Crippen molar-refractivity contribution in [3.8, 4) is 28.1 Å². The monoisotopic (exact) mass is 675 g/mol. The Kier molecular flexibility index (Phi) is 8.33. The van der Waals surface area contributed by atoms with Crippen molar-refractivity contribution in [2.24, 2.45) is 7.05 Å². The number of pyridine rings is 2. The molecule has 1 amide bonds. The SMILES string of the molecule is Cc1ccc(S(=O)(=O)n2ccc3c(-c4ccc(-c5ccc6cc(OCCN7CCN(C)C(=O)[C@H]7C)ccc6n5)cc4)cn(C)c(=O)c32)cc1. The van der Waals surface area contributed by atoms with E-state index in [2.05, 4.69) is 4.90 Å². The highest BCUT2D eigenvalue weighted by Gasteiger charge is 2.29. The topological polar surface area (TPSA) is 107 Å². The Morgan fingerprint density at radius 3 is 2.37 bits per heavy atom. The number of fused-ring (bicyclic) bond motifs is 2. The molecule has 1 aliphatic heterocycles. The number of hydrogen-bond donors (Lipinski definition) is 0. The molecule has 3 aromatic heterocycles. The van der Waals surface area contributed by atoms with E-state index in [1.54, 1.807) is 48.5 Å². The highest BCUT2D eigenvalue weighted by molar-refractivity contribution is 7.90. The lowest BCUT2D eigenvalue weighted by Gasteiger charge is -2.37. The van der Waals surface area contributed by atoms with Crippen molar-refractivity contribution in [3.63, 3.8) is 0 Å². The van der Waals surface area contributed by atoms with E-state index < -0.39 is 15.6 Å². The van der Waals surface area contributed by atoms with E-state index in [0.29, 0.717) is 18.5 Å². The fraction of sp³-hybridized carbons (Fsp3) is 0.237. The maximum atomic E-state index is 13.6. The second-order valence-corrected chi connectivity index (χ2v) is 14.4. The molecule has 0 spiro atoms. The molecule has 0 bridgehead atoms. The second kappa shape index (κ2) is 12.6. The first-order valence-electron chi connectivity index (χ1n) is 16.2. The van der Waals surface area contributed by atoms with Crippen molar-refractivity contribution in [3.05, 3.63) is 113 Å². The summed E-state index contributed by atoms with van der Waals surface area (Å²) in [5.41, 5.74) is 4.80. The van der Waals surface area contributed by atoms with E-state index in [1.807, 2.05) is 75.5 Å². The number of aromatic nitrogens is 3. The summed E-state index contributed by atoms with van der Waals surface area (Å²) >= 11 is 0. The smallest absolute Gasteiger partial charge is 0.275 e. The normalized spacial score (nSPS) is 15.7. The number of aryl methyl sites for hydroxylation is 2. The summed E-state index contributed by atoms with van der Waals surface area (Å²) in [6, 6.07) is 25.8. The van der Waals surface area contributed by atoms with Crippen LogP contribution < -0.4 is 10.3 Å². The lowest BCUT2D eigenvalue weighted by atomic mass is 10.0. The molecule has 250 valence electrons. The van der Waals surface area contributed by atoms with Crippen LogP contribution in [0.15, 0.2) is 107 Å². The van der Waals surface area contributed by atoms with E-state index in [-0.39, 0.29) is 22.4 Å². The van der Waals surface area contributed by atoms with Crippen molar-refractivity contribution in [1.29, 1.82) is 0 Å². The van der Waals surface area contributed by atoms with Crippen LogP contribution in [0.2, 0.25) is 0 Å². The third kappa shape index (κ3) is 6.00. The molecule has 10 nitrogen and oxygen atoms in total. The summed E-state index contributed by atoms with van der Waals surface area (Å²) in [7, 11) is -0.516. The Bertz CT molecular complexity index is 2380. The van der Waals surface area contributed by atoms with Crippen LogP contribution in [0.3, 0.4) is 0 Å². The lowest BCUT2D eigenvalue weighted by Crippen LogP contribution is -2.55. The minimum atomic E-state index is -3.98. The first-order chi connectivity index (χ1) is 23.5. The van der Waals surface area contributed by atoms with Crippen molar-refractivity contribution in [2.45, 2.75) is 24.8 Å². The molecule has 4 heterocycles. The molecule has 0 radical (unpaired) electrons. The summed E-state index contributed by atoms with van der Waals surface area (Å²) in [5.74, 6) is 0.892. The van der Waals surface area contributed by atoms with Crippen LogP contribution in [0.1, 0.15) is 12.5 Å². The molecule has 49 heavy (non-hydrogen) atoms. The van der Waals surface area contributed by atoms with E-state index in [4.69, 9.17) is 9.72 Å². The van der Waals surface area contributed by atoms with Gasteiger partial charge >= 0.3 is 0 Å². The second-order valence-electron chi connectivity index (χ2n) is 12.6. The molecule has 0 aliphatic carbocycles. The van der Waals surface area contributed by atoms with Gasteiger partial charge in [0.05, 0.1) is 22.1 Å². The highest BCUT2D eigenvalue weighted by Crippen LogP contribution is 2.32. The Morgan fingerprint density at radius 2 is 1.61 bits per heavy atom. The number of rotatable bonds is 8. The van der Waals surface area contributed by atoms with Gasteiger partial charge in [0, 0.05) is 68.0 Å². The van der Waals surface area contributed by atoms with Gasteiger partial charge in [-0.25, -0.2) is 17.4 Å². The number of carbonyl (C=O) groups excluding carboxylic acids is 1. The maximum absolute atomic E-state index is 13.6. The van der Waals surface area contributed by atoms with Gasteiger partial charge in [-0.3, -0.25) is 14.5 Å². The predicted molar refractivity (Wildman–Crippen MR) is 191 cm³/mol. The molecule has 0 saturated carbocycles. The maximum Gasteiger partial charge on any atom is 0.275 e. The van der Waals surface area contributed by atoms with Gasteiger partial charge in [-0.15, -0.1) is 0 Å². The molecule has 6 aromatic rings. The number of hydrogen-bond acceptors (Lipinski definition) is 7. The first-order valence-corrected chi connectivity index (χ1v) is 17.6. The van der Waals surface area contributed by atoms with Crippen molar-refractivity contribution >= 4 is 37.7 Å². The Morgan fingerprint density at radius 1 is 0.878 bits per heavy atom. The zero-order valence-electron chi connectivity index (χ0n) is 27.8. The van der Waals surface area contributed by atoms with Gasteiger partial charge in [-0.1, -0.05) is 48.0 Å². The van der Waals surface area contributed by atoms with Crippen molar-refractivity contribution in [2.75, 3.05) is 33.3 Å². The Balaban J connectivity index is 1.11. The largest absolute Gasteiger partial charge is 0.492 e. The summed E-state index contributed by atoms with van der Waals surface area (Å²) in [6.07, 6.45) is 3.19. The minimum absolute atomic E-state index is 0.105. The molecule has 3 aromatic carbocycles. The quantitative estimate of drug-likeness (QED) is 0.215. The summed E-state index contributed by atoms with van der Waals surface area (Å²) < 4.78 is 35.7. The van der Waals surface area contributed by atoms with Crippen LogP contribution >= 0.6 is 0 Å². The number of piperazine rings is 1.